The van der Waals surface area contributed by atoms with Gasteiger partial charge in [-0.25, -0.2) is 0 Å². The molecule has 1 fully saturated rings. The Morgan fingerprint density at radius 1 is 1.32 bits per heavy atom. The van der Waals surface area contributed by atoms with Crippen LogP contribution in [-0.2, 0) is 11.3 Å². The Morgan fingerprint density at radius 2 is 2.00 bits per heavy atom. The van der Waals surface area contributed by atoms with E-state index in [0.717, 1.165) is 49.3 Å². The van der Waals surface area contributed by atoms with Crippen molar-refractivity contribution in [3.63, 3.8) is 0 Å². The number of nitrogens with zero attached hydrogens (tertiary/aromatic N) is 2. The Morgan fingerprint density at radius 3 is 2.55 bits per heavy atom. The minimum absolute atomic E-state index is 0.0329. The van der Waals surface area contributed by atoms with E-state index in [1.165, 1.54) is 11.3 Å². The second-order valence-electron chi connectivity index (χ2n) is 6.10. The fourth-order valence-electron chi connectivity index (χ4n) is 3.06. The van der Waals surface area contributed by atoms with Crippen LogP contribution in [-0.4, -0.2) is 40.2 Å². The molecule has 0 unspecified atom stereocenters. The number of aryl methyl sites for hydroxylation is 1. The van der Waals surface area contributed by atoms with Crippen molar-refractivity contribution in [3.05, 3.63) is 20.2 Å². The molecule has 0 atom stereocenters. The number of aliphatic hydroxyl groups excluding tert-OH is 1. The molecule has 0 saturated carbocycles. The number of likely N-dealkylation sites (tertiary alicyclic amines) is 1. The molecule has 0 radical (unpaired) electrons. The second-order valence-corrected chi connectivity index (χ2v) is 7.27. The van der Waals surface area contributed by atoms with Gasteiger partial charge >= 0.3 is 4.87 Å². The average molecular weight is 326 g/mol. The maximum atomic E-state index is 12.3. The summed E-state index contributed by atoms with van der Waals surface area (Å²) in [5, 5.41) is 8.87. The van der Waals surface area contributed by atoms with Gasteiger partial charge in [-0.05, 0) is 45.4 Å². The molecule has 5 nitrogen and oxygen atoms in total. The topological polar surface area (TPSA) is 62.5 Å². The molecule has 1 aromatic heterocycles. The van der Waals surface area contributed by atoms with Crippen LogP contribution in [0.5, 0.6) is 0 Å². The Balaban J connectivity index is 1.80. The predicted molar refractivity (Wildman–Crippen MR) is 88.3 cm³/mol. The molecule has 1 aliphatic rings. The number of hydrogen-bond donors (Lipinski definition) is 1. The van der Waals surface area contributed by atoms with Gasteiger partial charge in [0.15, 0.2) is 0 Å². The lowest BCUT2D eigenvalue weighted by molar-refractivity contribution is -0.132. The zero-order valence-corrected chi connectivity index (χ0v) is 14.3. The minimum atomic E-state index is 0.0329. The molecule has 2 heterocycles. The number of thiazole rings is 1. The lowest BCUT2D eigenvalue weighted by Crippen LogP contribution is -2.39. The van der Waals surface area contributed by atoms with E-state index >= 15 is 0 Å². The highest BCUT2D eigenvalue weighted by molar-refractivity contribution is 7.09. The molecule has 2 rings (SSSR count). The molecule has 1 saturated heterocycles. The fraction of sp³-hybridized carbons (Fsp3) is 0.750. The highest BCUT2D eigenvalue weighted by atomic mass is 32.1. The van der Waals surface area contributed by atoms with Crippen molar-refractivity contribution < 1.29 is 9.90 Å². The highest BCUT2D eigenvalue weighted by Crippen LogP contribution is 2.22. The van der Waals surface area contributed by atoms with Crippen LogP contribution in [0.25, 0.3) is 0 Å². The minimum Gasteiger partial charge on any atom is -0.396 e. The van der Waals surface area contributed by atoms with Crippen molar-refractivity contribution in [1.29, 1.82) is 0 Å². The van der Waals surface area contributed by atoms with Gasteiger partial charge in [0, 0.05) is 43.2 Å². The second kappa shape index (κ2) is 7.92. The average Bonchev–Trinajstić information content (AvgIpc) is 2.76. The van der Waals surface area contributed by atoms with Gasteiger partial charge in [0.2, 0.25) is 5.91 Å². The molecule has 0 spiro atoms. The first-order valence-electron chi connectivity index (χ1n) is 8.08. The van der Waals surface area contributed by atoms with Crippen LogP contribution in [0.2, 0.25) is 0 Å². The summed E-state index contributed by atoms with van der Waals surface area (Å²) in [7, 11) is 0. The first kappa shape index (κ1) is 17.2. The van der Waals surface area contributed by atoms with Gasteiger partial charge in [-0.15, -0.1) is 0 Å². The van der Waals surface area contributed by atoms with E-state index in [1.54, 1.807) is 4.57 Å². The lowest BCUT2D eigenvalue weighted by atomic mass is 9.92. The molecule has 22 heavy (non-hydrogen) atoms. The Hall–Kier alpha value is -1.14. The summed E-state index contributed by atoms with van der Waals surface area (Å²) in [5.74, 6) is 0.788. The molecule has 1 N–H and O–H groups in total. The molecular weight excluding hydrogens is 300 g/mol. The Kier molecular flexibility index (Phi) is 6.20. The fourth-order valence-corrected chi connectivity index (χ4v) is 3.92. The van der Waals surface area contributed by atoms with Crippen LogP contribution in [0, 0.1) is 19.8 Å². The third-order valence-corrected chi connectivity index (χ3v) is 5.66. The van der Waals surface area contributed by atoms with Gasteiger partial charge in [0.1, 0.15) is 0 Å². The quantitative estimate of drug-likeness (QED) is 0.869. The van der Waals surface area contributed by atoms with Gasteiger partial charge in [-0.1, -0.05) is 11.3 Å². The van der Waals surface area contributed by atoms with Crippen molar-refractivity contribution in [3.8, 4) is 0 Å². The SMILES string of the molecule is Cc1sc(=O)n(CCC(=O)N2CCC(CCCO)CC2)c1C. The summed E-state index contributed by atoms with van der Waals surface area (Å²) in [6.07, 6.45) is 4.38. The third kappa shape index (κ3) is 4.20. The summed E-state index contributed by atoms with van der Waals surface area (Å²) in [4.78, 5) is 27.1. The first-order valence-corrected chi connectivity index (χ1v) is 8.90. The summed E-state index contributed by atoms with van der Waals surface area (Å²) in [6.45, 7) is 6.24. The number of hydrogen-bond acceptors (Lipinski definition) is 4. The number of carbonyl (C=O) groups is 1. The monoisotopic (exact) mass is 326 g/mol. The van der Waals surface area contributed by atoms with E-state index in [-0.39, 0.29) is 17.4 Å². The van der Waals surface area contributed by atoms with Crippen molar-refractivity contribution in [2.45, 2.75) is 52.5 Å². The number of aromatic nitrogens is 1. The maximum absolute atomic E-state index is 12.3. The van der Waals surface area contributed by atoms with Gasteiger partial charge in [-0.3, -0.25) is 9.59 Å². The molecule has 0 aromatic carbocycles. The largest absolute Gasteiger partial charge is 0.396 e. The number of aliphatic hydroxyl groups is 1. The zero-order valence-electron chi connectivity index (χ0n) is 13.5. The van der Waals surface area contributed by atoms with Crippen molar-refractivity contribution >= 4 is 17.2 Å². The molecular formula is C16H26N2O3S. The van der Waals surface area contributed by atoms with Gasteiger partial charge < -0.3 is 14.6 Å². The maximum Gasteiger partial charge on any atom is 0.307 e. The van der Waals surface area contributed by atoms with Crippen LogP contribution >= 0.6 is 11.3 Å². The van der Waals surface area contributed by atoms with Crippen LogP contribution < -0.4 is 4.87 Å². The van der Waals surface area contributed by atoms with E-state index < -0.39 is 0 Å². The van der Waals surface area contributed by atoms with E-state index in [0.29, 0.717) is 18.9 Å². The van der Waals surface area contributed by atoms with Crippen LogP contribution in [0.4, 0.5) is 0 Å². The number of amides is 1. The van der Waals surface area contributed by atoms with Gasteiger partial charge in [-0.2, -0.15) is 0 Å². The summed E-state index contributed by atoms with van der Waals surface area (Å²) < 4.78 is 1.71. The first-order chi connectivity index (χ1) is 10.5. The van der Waals surface area contributed by atoms with Crippen molar-refractivity contribution in [2.24, 2.45) is 5.92 Å². The molecule has 1 aliphatic heterocycles. The Bertz CT molecular complexity index is 556. The standard InChI is InChI=1S/C16H26N2O3S/c1-12-13(2)22-16(21)18(12)10-7-15(20)17-8-5-14(6-9-17)4-3-11-19/h14,19H,3-11H2,1-2H3. The number of piperidine rings is 1. The lowest BCUT2D eigenvalue weighted by Gasteiger charge is -2.32. The van der Waals surface area contributed by atoms with Gasteiger partial charge in [0.25, 0.3) is 0 Å². The van der Waals surface area contributed by atoms with Crippen LogP contribution in [0.3, 0.4) is 0 Å². The van der Waals surface area contributed by atoms with E-state index in [9.17, 15) is 9.59 Å². The number of rotatable bonds is 6. The molecule has 1 amide bonds. The normalized spacial score (nSPS) is 16.2. The highest BCUT2D eigenvalue weighted by Gasteiger charge is 2.22. The molecule has 0 bridgehead atoms. The summed E-state index contributed by atoms with van der Waals surface area (Å²) in [6, 6.07) is 0. The third-order valence-electron chi connectivity index (χ3n) is 4.66. The van der Waals surface area contributed by atoms with Gasteiger partial charge in [0.05, 0.1) is 0 Å². The Labute approximate surface area is 135 Å². The zero-order chi connectivity index (χ0) is 16.1. The molecule has 1 aromatic rings. The van der Waals surface area contributed by atoms with E-state index in [1.807, 2.05) is 18.7 Å². The van der Waals surface area contributed by atoms with E-state index in [4.69, 9.17) is 5.11 Å². The summed E-state index contributed by atoms with van der Waals surface area (Å²) in [5.41, 5.74) is 0.977. The predicted octanol–water partition coefficient (Wildman–Crippen LogP) is 1.93. The molecule has 124 valence electrons. The molecule has 6 heteroatoms. The van der Waals surface area contributed by atoms with Crippen molar-refractivity contribution in [1.82, 2.24) is 9.47 Å². The number of carbonyl (C=O) groups excluding carboxylic acids is 1. The van der Waals surface area contributed by atoms with Crippen LogP contribution in [0.15, 0.2) is 4.79 Å². The van der Waals surface area contributed by atoms with Crippen molar-refractivity contribution in [2.75, 3.05) is 19.7 Å². The molecule has 0 aliphatic carbocycles. The van der Waals surface area contributed by atoms with E-state index in [2.05, 4.69) is 0 Å². The summed E-state index contributed by atoms with van der Waals surface area (Å²) >= 11 is 1.25. The smallest absolute Gasteiger partial charge is 0.307 e. The van der Waals surface area contributed by atoms with Crippen LogP contribution in [0.1, 0.15) is 42.7 Å².